The highest BCUT2D eigenvalue weighted by Gasteiger charge is 2.25. The van der Waals surface area contributed by atoms with Gasteiger partial charge in [-0.1, -0.05) is 31.2 Å². The summed E-state index contributed by atoms with van der Waals surface area (Å²) in [4.78, 5) is 23.9. The molecule has 1 aliphatic carbocycles. The first-order valence-corrected chi connectivity index (χ1v) is 6.78. The molecule has 3 rings (SSSR count). The number of carbonyl (C=O) groups is 2. The molecule has 0 heterocycles. The van der Waals surface area contributed by atoms with E-state index in [-0.39, 0.29) is 0 Å². The lowest BCUT2D eigenvalue weighted by atomic mass is 9.90. The molecular formula is C17H15NO2. The van der Waals surface area contributed by atoms with Crippen molar-refractivity contribution in [2.45, 2.75) is 13.3 Å². The van der Waals surface area contributed by atoms with E-state index in [2.05, 4.69) is 12.2 Å². The van der Waals surface area contributed by atoms with Gasteiger partial charge in [0.05, 0.1) is 0 Å². The van der Waals surface area contributed by atoms with E-state index in [1.54, 1.807) is 0 Å². The molecular weight excluding hydrogens is 250 g/mol. The average molecular weight is 265 g/mol. The maximum atomic E-state index is 12.1. The van der Waals surface area contributed by atoms with E-state index in [1.807, 2.05) is 36.4 Å². The molecule has 0 fully saturated rings. The molecule has 0 unspecified atom stereocenters. The molecule has 3 heteroatoms. The van der Waals surface area contributed by atoms with E-state index in [0.717, 1.165) is 35.0 Å². The number of hydrogen-bond donors (Lipinski definition) is 1. The Morgan fingerprint density at radius 3 is 2.30 bits per heavy atom. The zero-order valence-corrected chi connectivity index (χ0v) is 11.3. The van der Waals surface area contributed by atoms with Gasteiger partial charge >= 0.3 is 0 Å². The van der Waals surface area contributed by atoms with Crippen LogP contribution < -0.4 is 5.32 Å². The first kappa shape index (κ1) is 12.6. The topological polar surface area (TPSA) is 46.2 Å². The summed E-state index contributed by atoms with van der Waals surface area (Å²) in [7, 11) is 0. The van der Waals surface area contributed by atoms with Crippen LogP contribution in [0.3, 0.4) is 0 Å². The minimum absolute atomic E-state index is 0.423. The fourth-order valence-corrected chi connectivity index (χ4v) is 2.46. The zero-order chi connectivity index (χ0) is 14.1. The van der Waals surface area contributed by atoms with Gasteiger partial charge in [-0.15, -0.1) is 0 Å². The van der Waals surface area contributed by atoms with Crippen LogP contribution in [0.25, 0.3) is 16.5 Å². The van der Waals surface area contributed by atoms with Crippen molar-refractivity contribution >= 4 is 28.0 Å². The first-order valence-electron chi connectivity index (χ1n) is 6.78. The maximum absolute atomic E-state index is 12.1. The molecule has 2 aromatic carbocycles. The largest absolute Gasteiger partial charge is 0.384 e. The van der Waals surface area contributed by atoms with Gasteiger partial charge in [0.2, 0.25) is 11.6 Å². The smallest absolute Gasteiger partial charge is 0.233 e. The second-order valence-electron chi connectivity index (χ2n) is 4.92. The number of ketones is 2. The molecule has 0 spiro atoms. The lowest BCUT2D eigenvalue weighted by molar-refractivity contribution is -0.111. The molecule has 20 heavy (non-hydrogen) atoms. The molecule has 0 saturated heterocycles. The van der Waals surface area contributed by atoms with Crippen molar-refractivity contribution in [2.75, 3.05) is 6.54 Å². The van der Waals surface area contributed by atoms with Crippen LogP contribution in [0.15, 0.2) is 42.5 Å². The second kappa shape index (κ2) is 4.93. The van der Waals surface area contributed by atoms with Crippen molar-refractivity contribution in [1.82, 2.24) is 5.32 Å². The number of Topliss-reactive ketones (excluding diaryl/α,β-unsaturated/α-hetero) is 1. The van der Waals surface area contributed by atoms with E-state index in [4.69, 9.17) is 0 Å². The van der Waals surface area contributed by atoms with Crippen molar-refractivity contribution in [3.8, 4) is 0 Å². The molecule has 0 radical (unpaired) electrons. The number of nitrogens with one attached hydrogen (secondary N) is 1. The minimum atomic E-state index is -0.452. The van der Waals surface area contributed by atoms with E-state index in [0.29, 0.717) is 5.56 Å². The third-order valence-corrected chi connectivity index (χ3v) is 3.49. The molecule has 2 aromatic rings. The average Bonchev–Trinajstić information content (AvgIpc) is 2.48. The first-order chi connectivity index (χ1) is 9.70. The SMILES string of the molecule is CCCNC1=CC(=O)C(=O)c2cc3ccccc3cc21. The fraction of sp³-hybridized carbons (Fsp3) is 0.176. The normalized spacial score (nSPS) is 14.2. The standard InChI is InChI=1S/C17H15NO2/c1-2-7-18-15-10-16(19)17(20)14-9-12-6-4-3-5-11(12)8-13(14)15/h3-6,8-10,18H,2,7H2,1H3. The van der Waals surface area contributed by atoms with E-state index >= 15 is 0 Å². The van der Waals surface area contributed by atoms with Crippen molar-refractivity contribution < 1.29 is 9.59 Å². The van der Waals surface area contributed by atoms with Gasteiger partial charge in [0.1, 0.15) is 0 Å². The van der Waals surface area contributed by atoms with E-state index in [1.165, 1.54) is 6.08 Å². The Bertz CT molecular complexity index is 744. The summed E-state index contributed by atoms with van der Waals surface area (Å²) in [6, 6.07) is 11.6. The molecule has 100 valence electrons. The molecule has 1 N–H and O–H groups in total. The van der Waals surface area contributed by atoms with Gasteiger partial charge in [0.25, 0.3) is 0 Å². The minimum Gasteiger partial charge on any atom is -0.384 e. The number of hydrogen-bond acceptors (Lipinski definition) is 3. The third kappa shape index (κ3) is 2.01. The molecule has 1 aliphatic rings. The Labute approximate surface area is 117 Å². The zero-order valence-electron chi connectivity index (χ0n) is 11.3. The van der Waals surface area contributed by atoms with Crippen LogP contribution in [0, 0.1) is 0 Å². The van der Waals surface area contributed by atoms with Crippen LogP contribution in [0.4, 0.5) is 0 Å². The summed E-state index contributed by atoms with van der Waals surface area (Å²) in [5.74, 6) is -0.876. The molecule has 0 bridgehead atoms. The summed E-state index contributed by atoms with van der Waals surface area (Å²) in [5, 5.41) is 5.27. The molecule has 0 amide bonds. The Morgan fingerprint density at radius 1 is 1.00 bits per heavy atom. The second-order valence-corrected chi connectivity index (χ2v) is 4.92. The van der Waals surface area contributed by atoms with Crippen LogP contribution in [0.2, 0.25) is 0 Å². The van der Waals surface area contributed by atoms with Crippen LogP contribution in [0.1, 0.15) is 29.3 Å². The highest BCUT2D eigenvalue weighted by molar-refractivity contribution is 6.50. The van der Waals surface area contributed by atoms with E-state index < -0.39 is 11.6 Å². The monoisotopic (exact) mass is 265 g/mol. The quantitative estimate of drug-likeness (QED) is 0.868. The molecule has 0 aliphatic heterocycles. The number of benzene rings is 2. The Morgan fingerprint density at radius 2 is 1.65 bits per heavy atom. The highest BCUT2D eigenvalue weighted by atomic mass is 16.2. The number of fused-ring (bicyclic) bond motifs is 2. The van der Waals surface area contributed by atoms with E-state index in [9.17, 15) is 9.59 Å². The van der Waals surface area contributed by atoms with Crippen LogP contribution in [-0.2, 0) is 4.79 Å². The number of carbonyl (C=O) groups excluding carboxylic acids is 2. The van der Waals surface area contributed by atoms with Crippen molar-refractivity contribution in [3.63, 3.8) is 0 Å². The van der Waals surface area contributed by atoms with Gasteiger partial charge in [-0.05, 0) is 29.3 Å². The van der Waals surface area contributed by atoms with Gasteiger partial charge in [0.15, 0.2) is 0 Å². The highest BCUT2D eigenvalue weighted by Crippen LogP contribution is 2.28. The van der Waals surface area contributed by atoms with Gasteiger partial charge in [0, 0.05) is 29.4 Å². The fourth-order valence-electron chi connectivity index (χ4n) is 2.46. The van der Waals surface area contributed by atoms with Crippen LogP contribution >= 0.6 is 0 Å². The molecule has 0 aromatic heterocycles. The summed E-state index contributed by atoms with van der Waals surface area (Å²) in [5.41, 5.74) is 2.06. The van der Waals surface area contributed by atoms with Crippen molar-refractivity contribution in [2.24, 2.45) is 0 Å². The Kier molecular flexibility index (Phi) is 3.11. The maximum Gasteiger partial charge on any atom is 0.233 e. The summed E-state index contributed by atoms with van der Waals surface area (Å²) >= 11 is 0. The Hall–Kier alpha value is -2.42. The predicted molar refractivity (Wildman–Crippen MR) is 79.6 cm³/mol. The van der Waals surface area contributed by atoms with Gasteiger partial charge in [-0.2, -0.15) is 0 Å². The summed E-state index contributed by atoms with van der Waals surface area (Å²) < 4.78 is 0. The summed E-state index contributed by atoms with van der Waals surface area (Å²) in [6.45, 7) is 2.84. The lowest BCUT2D eigenvalue weighted by Crippen LogP contribution is -2.24. The van der Waals surface area contributed by atoms with Gasteiger partial charge in [-0.3, -0.25) is 9.59 Å². The van der Waals surface area contributed by atoms with Crippen molar-refractivity contribution in [1.29, 1.82) is 0 Å². The van der Waals surface area contributed by atoms with Crippen LogP contribution in [0.5, 0.6) is 0 Å². The lowest BCUT2D eigenvalue weighted by Gasteiger charge is -2.18. The molecule has 0 saturated carbocycles. The van der Waals surface area contributed by atoms with Gasteiger partial charge in [-0.25, -0.2) is 0 Å². The number of allylic oxidation sites excluding steroid dienone is 1. The van der Waals surface area contributed by atoms with Gasteiger partial charge < -0.3 is 5.32 Å². The third-order valence-electron chi connectivity index (χ3n) is 3.49. The van der Waals surface area contributed by atoms with Crippen LogP contribution in [-0.4, -0.2) is 18.1 Å². The Balaban J connectivity index is 2.19. The molecule has 0 atom stereocenters. The summed E-state index contributed by atoms with van der Waals surface area (Å²) in [6.07, 6.45) is 2.37. The van der Waals surface area contributed by atoms with Crippen molar-refractivity contribution in [3.05, 3.63) is 53.6 Å². The predicted octanol–water partition coefficient (Wildman–Crippen LogP) is 2.95. The molecule has 3 nitrogen and oxygen atoms in total. The number of rotatable bonds is 3.